The maximum Gasteiger partial charge on any atom is 0.421 e. The molecule has 19 nitrogen and oxygen atoms in total. The van der Waals surface area contributed by atoms with Crippen LogP contribution in [0.3, 0.4) is 0 Å². The number of alkyl halides is 3. The van der Waals surface area contributed by atoms with E-state index in [0.29, 0.717) is 71.8 Å². The van der Waals surface area contributed by atoms with E-state index in [4.69, 9.17) is 0 Å². The number of hydrogen-bond donors (Lipinski definition) is 0. The molecule has 0 atom stereocenters. The van der Waals surface area contributed by atoms with Crippen LogP contribution in [0.5, 0.6) is 0 Å². The van der Waals surface area contributed by atoms with Crippen molar-refractivity contribution in [2.24, 2.45) is 16.2 Å². The molecule has 1 saturated carbocycles. The highest BCUT2D eigenvalue weighted by Crippen LogP contribution is 2.47. The van der Waals surface area contributed by atoms with Gasteiger partial charge in [0.2, 0.25) is 29.5 Å². The molecule has 570 valence electrons. The summed E-state index contributed by atoms with van der Waals surface area (Å²) in [5.41, 5.74) is -0.141. The minimum Gasteiger partial charge on any atom is -0.340 e. The Balaban J connectivity index is 0.000000296. The van der Waals surface area contributed by atoms with E-state index in [9.17, 15) is 56.3 Å². The fourth-order valence-electron chi connectivity index (χ4n) is 13.3. The van der Waals surface area contributed by atoms with E-state index in [2.05, 4.69) is 74.1 Å². The first-order valence-electron chi connectivity index (χ1n) is 37.2. The number of piperidine rings is 1. The number of hydrogen-bond acceptors (Lipinski definition) is 9. The molecule has 7 fully saturated rings. The monoisotopic (exact) mass is 1420 g/mol. The molecular weight excluding hydrogens is 1290 g/mol. The van der Waals surface area contributed by atoms with E-state index in [0.717, 1.165) is 132 Å². The molecule has 2 aromatic heterocycles. The first-order valence-corrected chi connectivity index (χ1v) is 37.2. The van der Waals surface area contributed by atoms with Crippen molar-refractivity contribution < 1.29 is 46.7 Å². The van der Waals surface area contributed by atoms with Crippen LogP contribution in [0.2, 0.25) is 0 Å². The van der Waals surface area contributed by atoms with E-state index >= 15 is 0 Å². The van der Waals surface area contributed by atoms with Gasteiger partial charge < -0.3 is 48.3 Å². The van der Waals surface area contributed by atoms with Crippen LogP contribution in [0.1, 0.15) is 263 Å². The summed E-state index contributed by atoms with van der Waals surface area (Å²) in [6.07, 6.45) is 11.4. The topological polar surface area (TPSA) is 189 Å². The number of urea groups is 1. The van der Waals surface area contributed by atoms with Gasteiger partial charge in [-0.3, -0.25) is 38.4 Å². The molecule has 7 aliphatic heterocycles. The lowest BCUT2D eigenvalue weighted by molar-refractivity contribution is -0.139. The maximum absolute atomic E-state index is 12.3. The van der Waals surface area contributed by atoms with Crippen molar-refractivity contribution >= 4 is 41.5 Å². The fraction of sp³-hybridized carbons (Fsp3) is 0.709. The number of carbonyl (C=O) groups excluding carboxylic acids is 7. The van der Waals surface area contributed by atoms with Crippen LogP contribution in [-0.2, 0) is 36.7 Å². The molecule has 0 N–H and O–H groups in total. The molecule has 8 aliphatic rings. The number of aromatic nitrogens is 2. The number of fused-ring (bicyclic) bond motifs is 1. The van der Waals surface area contributed by atoms with Crippen LogP contribution < -0.4 is 11.1 Å². The molecule has 6 saturated heterocycles. The Kier molecular flexibility index (Phi) is 34.6. The van der Waals surface area contributed by atoms with E-state index in [1.54, 1.807) is 41.6 Å². The molecule has 11 rings (SSSR count). The summed E-state index contributed by atoms with van der Waals surface area (Å²) in [6, 6.07) is 17.7. The van der Waals surface area contributed by atoms with Crippen LogP contribution in [-0.4, -0.2) is 185 Å². The van der Waals surface area contributed by atoms with Gasteiger partial charge in [0, 0.05) is 161 Å². The minimum atomic E-state index is -4.57. The summed E-state index contributed by atoms with van der Waals surface area (Å²) in [4.78, 5) is 118. The number of pyridine rings is 2. The molecule has 1 aliphatic carbocycles. The smallest absolute Gasteiger partial charge is 0.340 e. The zero-order valence-corrected chi connectivity index (χ0v) is 66.0. The Hall–Kier alpha value is -7.00. The SMILES string of the molecule is CC(C)N1CCC(C)(C)C1=O.CC(C)N1CCC(C)(C)C1=O.CC(C)N1CCC2(CCCC2)C1=O.CC(C)N1CCCC1=O.CC(C)N1CCCCC1=O.CC(C)N1CCN(C)C1=O.CC(C)N1Cc2ccccc2C1=O.CC(C)n1cccc(C(F)(F)F)c1=O.CC(C)n1ccccc1=O. The highest BCUT2D eigenvalue weighted by atomic mass is 19.4. The van der Waals surface area contributed by atoms with Crippen molar-refractivity contribution in [3.63, 3.8) is 0 Å². The fourth-order valence-corrected chi connectivity index (χ4v) is 13.3. The Morgan fingerprint density at radius 2 is 0.812 bits per heavy atom. The van der Waals surface area contributed by atoms with Gasteiger partial charge >= 0.3 is 12.2 Å². The molecule has 0 bridgehead atoms. The molecular formula is C79H129F3N10O9. The van der Waals surface area contributed by atoms with E-state index in [-0.39, 0.29) is 45.8 Å². The number of nitrogens with zero attached hydrogens (tertiary/aromatic N) is 10. The molecule has 101 heavy (non-hydrogen) atoms. The largest absolute Gasteiger partial charge is 0.421 e. The number of likely N-dealkylation sites (N-methyl/N-ethyl adjacent to an activating group) is 1. The normalized spacial score (nSPS) is 18.9. The number of amides is 8. The lowest BCUT2D eigenvalue weighted by atomic mass is 9.85. The van der Waals surface area contributed by atoms with Gasteiger partial charge in [0.25, 0.3) is 17.0 Å². The molecule has 0 radical (unpaired) electrons. The molecule has 9 heterocycles. The Morgan fingerprint density at radius 3 is 1.15 bits per heavy atom. The Labute approximate surface area is 603 Å². The van der Waals surface area contributed by atoms with Crippen LogP contribution >= 0.6 is 0 Å². The summed E-state index contributed by atoms with van der Waals surface area (Å²) in [5.74, 6) is 1.90. The highest BCUT2D eigenvalue weighted by Gasteiger charge is 2.48. The summed E-state index contributed by atoms with van der Waals surface area (Å²) in [6.45, 7) is 51.7. The van der Waals surface area contributed by atoms with Crippen LogP contribution in [0.25, 0.3) is 0 Å². The van der Waals surface area contributed by atoms with Crippen LogP contribution in [0.15, 0.2) is 76.6 Å². The van der Waals surface area contributed by atoms with E-state index in [1.165, 1.54) is 31.5 Å². The van der Waals surface area contributed by atoms with Crippen molar-refractivity contribution in [3.8, 4) is 0 Å². The second kappa shape index (κ2) is 39.6. The zero-order valence-electron chi connectivity index (χ0n) is 66.0. The second-order valence-corrected chi connectivity index (χ2v) is 31.6. The Morgan fingerprint density at radius 1 is 0.386 bits per heavy atom. The van der Waals surface area contributed by atoms with Gasteiger partial charge in [-0.25, -0.2) is 4.79 Å². The summed E-state index contributed by atoms with van der Waals surface area (Å²) in [5, 5.41) is 0. The molecule has 22 heteroatoms. The van der Waals surface area contributed by atoms with Crippen molar-refractivity contribution in [1.29, 1.82) is 0 Å². The van der Waals surface area contributed by atoms with E-state index < -0.39 is 17.3 Å². The van der Waals surface area contributed by atoms with E-state index in [1.807, 2.05) is 136 Å². The van der Waals surface area contributed by atoms with Crippen molar-refractivity contribution in [2.45, 2.75) is 296 Å². The minimum absolute atomic E-state index is 0.0671. The second-order valence-electron chi connectivity index (χ2n) is 31.6. The molecule has 0 unspecified atom stereocenters. The molecule has 1 spiro atoms. The third kappa shape index (κ3) is 25.4. The number of benzene rings is 1. The third-order valence-electron chi connectivity index (χ3n) is 19.9. The maximum atomic E-state index is 12.3. The Bertz CT molecular complexity index is 3220. The third-order valence-corrected chi connectivity index (χ3v) is 19.9. The van der Waals surface area contributed by atoms with Gasteiger partial charge in [0.05, 0.1) is 5.41 Å². The lowest BCUT2D eigenvalue weighted by Crippen LogP contribution is -2.40. The van der Waals surface area contributed by atoms with Crippen LogP contribution in [0, 0.1) is 16.2 Å². The summed E-state index contributed by atoms with van der Waals surface area (Å²) >= 11 is 0. The summed E-state index contributed by atoms with van der Waals surface area (Å²) < 4.78 is 39.6. The van der Waals surface area contributed by atoms with Gasteiger partial charge in [-0.2, -0.15) is 13.2 Å². The predicted octanol–water partition coefficient (Wildman–Crippen LogP) is 14.6. The van der Waals surface area contributed by atoms with Gasteiger partial charge in [-0.15, -0.1) is 0 Å². The number of likely N-dealkylation sites (tertiary alicyclic amines) is 5. The van der Waals surface area contributed by atoms with Crippen molar-refractivity contribution in [3.05, 3.63) is 104 Å². The summed E-state index contributed by atoms with van der Waals surface area (Å²) in [7, 11) is 1.84. The average molecular weight is 1420 g/mol. The van der Waals surface area contributed by atoms with Crippen LogP contribution in [0.4, 0.5) is 18.0 Å². The quantitative estimate of drug-likeness (QED) is 0.201. The number of carbonyl (C=O) groups is 7. The highest BCUT2D eigenvalue weighted by molar-refractivity contribution is 5.98. The van der Waals surface area contributed by atoms with Gasteiger partial charge in [0.1, 0.15) is 5.56 Å². The lowest BCUT2D eigenvalue weighted by Gasteiger charge is -2.30. The zero-order chi connectivity index (χ0) is 76.8. The van der Waals surface area contributed by atoms with Crippen molar-refractivity contribution in [1.82, 2.24) is 48.3 Å². The standard InChI is InChI=1S/C11H19NO.C11H13NO.C9H10F3NO.2C9H17NO.C8H15NO.C8H11NO.C7H14N2O.C7H13NO/c1-9(2)12-8-7-11(10(12)13)5-3-4-6-11;1-8(2)12-7-9-5-3-4-6-10(9)11(12)13;1-6(2)13-5-3-4-7(8(13)14)9(10,11)12;2*1-7(2)10-6-5-9(3,4)8(10)11;2*1-7(2)9-6-4-3-5-8(9)10;1-6(2)9-5-4-8(3)7(9)10;1-6(2)8-5-3-4-7(8)9/h9H,3-8H2,1-2H3;3-6,8H,7H2,1-2H3;3-6H,1-2H3;2*7H,5-6H2,1-4H3;7H,3-6H2,1-2H3;3-7H,1-2H3;6H,4-5H2,1-3H3;6H,3-5H2,1-2H3. The first kappa shape index (κ1) is 88.2. The van der Waals surface area contributed by atoms with Gasteiger partial charge in [0.15, 0.2) is 0 Å². The van der Waals surface area contributed by atoms with Gasteiger partial charge in [-0.05, 0) is 206 Å². The first-order chi connectivity index (χ1) is 46.9. The van der Waals surface area contributed by atoms with Crippen molar-refractivity contribution in [2.75, 3.05) is 52.9 Å². The predicted molar refractivity (Wildman–Crippen MR) is 398 cm³/mol. The van der Waals surface area contributed by atoms with Gasteiger partial charge in [-0.1, -0.05) is 64.8 Å². The average Bonchev–Trinajstić information content (AvgIpc) is 1.67. The number of rotatable bonds is 9. The molecule has 8 amide bonds. The number of halogens is 3. The molecule has 1 aromatic carbocycles. The molecule has 3 aromatic rings.